The second-order valence-corrected chi connectivity index (χ2v) is 4.80. The quantitative estimate of drug-likeness (QED) is 0.737. The molecular weight excluding hydrogens is 295 g/mol. The number of halogens is 1. The van der Waals surface area contributed by atoms with Crippen molar-refractivity contribution in [1.82, 2.24) is 5.16 Å². The molecule has 3 aromatic rings. The molecule has 0 aliphatic rings. The van der Waals surface area contributed by atoms with Crippen molar-refractivity contribution < 1.29 is 13.7 Å². The second kappa shape index (κ2) is 6.70. The van der Waals surface area contributed by atoms with Crippen LogP contribution >= 0.6 is 0 Å². The largest absolute Gasteiger partial charge is 0.356 e. The zero-order valence-electron chi connectivity index (χ0n) is 12.1. The molecule has 0 unspecified atom stereocenters. The van der Waals surface area contributed by atoms with E-state index in [0.29, 0.717) is 17.0 Å². The van der Waals surface area contributed by atoms with Gasteiger partial charge in [0.2, 0.25) is 5.91 Å². The van der Waals surface area contributed by atoms with Crippen molar-refractivity contribution in [2.24, 2.45) is 0 Å². The number of amides is 1. The minimum atomic E-state index is -0.368. The third-order valence-corrected chi connectivity index (χ3v) is 3.19. The summed E-state index contributed by atoms with van der Waals surface area (Å²) < 4.78 is 18.5. The number of carbonyl (C=O) groups excluding carboxylic acids is 1. The number of nitrogens with zero attached hydrogens (tertiary/aromatic N) is 1. The van der Waals surface area contributed by atoms with Gasteiger partial charge >= 0.3 is 0 Å². The molecular formula is C18H13FN2O2. The summed E-state index contributed by atoms with van der Waals surface area (Å²) in [5.41, 5.74) is 1.86. The molecule has 2 aromatic carbocycles. The highest BCUT2D eigenvalue weighted by atomic mass is 19.1. The summed E-state index contributed by atoms with van der Waals surface area (Å²) in [6.45, 7) is 0. The molecule has 0 aliphatic carbocycles. The van der Waals surface area contributed by atoms with Gasteiger partial charge in [0.1, 0.15) is 5.82 Å². The Balaban J connectivity index is 1.65. The Morgan fingerprint density at radius 1 is 1.09 bits per heavy atom. The van der Waals surface area contributed by atoms with Crippen LogP contribution in [0.3, 0.4) is 0 Å². The van der Waals surface area contributed by atoms with Gasteiger partial charge < -0.3 is 9.84 Å². The van der Waals surface area contributed by atoms with Gasteiger partial charge in [0.05, 0.1) is 6.20 Å². The number of hydrogen-bond donors (Lipinski definition) is 1. The van der Waals surface area contributed by atoms with Crippen molar-refractivity contribution in [3.8, 4) is 11.3 Å². The van der Waals surface area contributed by atoms with E-state index in [9.17, 15) is 9.18 Å². The number of hydrogen-bond acceptors (Lipinski definition) is 3. The Kier molecular flexibility index (Phi) is 4.29. The maximum absolute atomic E-state index is 13.4. The molecule has 1 heterocycles. The molecule has 4 nitrogen and oxygen atoms in total. The zero-order chi connectivity index (χ0) is 16.1. The van der Waals surface area contributed by atoms with Crippen molar-refractivity contribution in [1.29, 1.82) is 0 Å². The average Bonchev–Trinajstić information content (AvgIpc) is 3.09. The Hall–Kier alpha value is -3.21. The summed E-state index contributed by atoms with van der Waals surface area (Å²) in [4.78, 5) is 11.9. The predicted octanol–water partition coefficient (Wildman–Crippen LogP) is 4.13. The van der Waals surface area contributed by atoms with Crippen LogP contribution in [0.5, 0.6) is 0 Å². The van der Waals surface area contributed by atoms with Gasteiger partial charge in [-0.05, 0) is 36.4 Å². The topological polar surface area (TPSA) is 55.1 Å². The van der Waals surface area contributed by atoms with Crippen molar-refractivity contribution in [3.05, 3.63) is 78.3 Å². The third kappa shape index (κ3) is 3.71. The van der Waals surface area contributed by atoms with Crippen LogP contribution in [-0.2, 0) is 4.79 Å². The number of anilines is 1. The van der Waals surface area contributed by atoms with Crippen molar-refractivity contribution in [2.75, 3.05) is 5.32 Å². The van der Waals surface area contributed by atoms with E-state index in [1.807, 2.05) is 12.1 Å². The van der Waals surface area contributed by atoms with E-state index in [-0.39, 0.29) is 11.7 Å². The SMILES string of the molecule is O=C(C=Cc1ccccc1F)Nc1ccc(-c2ccno2)cc1. The monoisotopic (exact) mass is 308 g/mol. The van der Waals surface area contributed by atoms with Crippen molar-refractivity contribution in [3.63, 3.8) is 0 Å². The van der Waals surface area contributed by atoms with Gasteiger partial charge in [0, 0.05) is 29.0 Å². The van der Waals surface area contributed by atoms with Crippen molar-refractivity contribution >= 4 is 17.7 Å². The molecule has 0 radical (unpaired) electrons. The van der Waals surface area contributed by atoms with E-state index < -0.39 is 0 Å². The Morgan fingerprint density at radius 3 is 2.57 bits per heavy atom. The predicted molar refractivity (Wildman–Crippen MR) is 86.0 cm³/mol. The molecule has 1 amide bonds. The molecule has 3 rings (SSSR count). The standard InChI is InChI=1S/C18H13FN2O2/c19-16-4-2-1-3-13(16)7-10-18(22)21-15-8-5-14(6-9-15)17-11-12-20-23-17/h1-12H,(H,21,22). The highest BCUT2D eigenvalue weighted by Crippen LogP contribution is 2.20. The van der Waals surface area contributed by atoms with Gasteiger partial charge in [-0.1, -0.05) is 23.4 Å². The fourth-order valence-corrected chi connectivity index (χ4v) is 2.04. The number of nitrogens with one attached hydrogen (secondary N) is 1. The molecule has 5 heteroatoms. The lowest BCUT2D eigenvalue weighted by atomic mass is 10.1. The van der Waals surface area contributed by atoms with Gasteiger partial charge in [-0.15, -0.1) is 0 Å². The van der Waals surface area contributed by atoms with Gasteiger partial charge in [0.15, 0.2) is 5.76 Å². The van der Waals surface area contributed by atoms with Crippen LogP contribution in [0, 0.1) is 5.82 Å². The zero-order valence-corrected chi connectivity index (χ0v) is 12.1. The van der Waals surface area contributed by atoms with Gasteiger partial charge in [0.25, 0.3) is 0 Å². The van der Waals surface area contributed by atoms with Crippen LogP contribution in [0.15, 0.2) is 71.4 Å². The smallest absolute Gasteiger partial charge is 0.248 e. The maximum atomic E-state index is 13.4. The lowest BCUT2D eigenvalue weighted by Crippen LogP contribution is -2.07. The number of carbonyl (C=O) groups is 1. The lowest BCUT2D eigenvalue weighted by Gasteiger charge is -2.03. The second-order valence-electron chi connectivity index (χ2n) is 4.80. The summed E-state index contributed by atoms with van der Waals surface area (Å²) in [5, 5.41) is 6.35. The molecule has 114 valence electrons. The van der Waals surface area contributed by atoms with Crippen molar-refractivity contribution in [2.45, 2.75) is 0 Å². The van der Waals surface area contributed by atoms with Crippen LogP contribution < -0.4 is 5.32 Å². The van der Waals surface area contributed by atoms with Crippen LogP contribution in [0.2, 0.25) is 0 Å². The normalized spacial score (nSPS) is 10.8. The molecule has 0 aliphatic heterocycles. The fourth-order valence-electron chi connectivity index (χ4n) is 2.04. The minimum Gasteiger partial charge on any atom is -0.356 e. The van der Waals surface area contributed by atoms with E-state index in [1.165, 1.54) is 18.2 Å². The maximum Gasteiger partial charge on any atom is 0.248 e. The Morgan fingerprint density at radius 2 is 1.87 bits per heavy atom. The van der Waals surface area contributed by atoms with Crippen LogP contribution in [0.1, 0.15) is 5.56 Å². The molecule has 1 N–H and O–H groups in total. The molecule has 0 saturated carbocycles. The molecule has 0 spiro atoms. The number of rotatable bonds is 4. The summed E-state index contributed by atoms with van der Waals surface area (Å²) in [6.07, 6.45) is 4.30. The van der Waals surface area contributed by atoms with E-state index in [2.05, 4.69) is 10.5 Å². The minimum absolute atomic E-state index is 0.333. The highest BCUT2D eigenvalue weighted by Gasteiger charge is 2.03. The average molecular weight is 308 g/mol. The molecule has 0 atom stereocenters. The van der Waals surface area contributed by atoms with Crippen LogP contribution in [0.4, 0.5) is 10.1 Å². The first-order chi connectivity index (χ1) is 11.2. The number of aromatic nitrogens is 1. The molecule has 23 heavy (non-hydrogen) atoms. The van der Waals surface area contributed by atoms with E-state index in [4.69, 9.17) is 4.52 Å². The fraction of sp³-hybridized carbons (Fsp3) is 0. The first-order valence-corrected chi connectivity index (χ1v) is 6.97. The first-order valence-electron chi connectivity index (χ1n) is 6.97. The Bertz CT molecular complexity index is 824. The summed E-state index contributed by atoms with van der Waals surface area (Å²) >= 11 is 0. The summed E-state index contributed by atoms with van der Waals surface area (Å²) in [7, 11) is 0. The first kappa shape index (κ1) is 14.7. The van der Waals surface area contributed by atoms with E-state index >= 15 is 0 Å². The molecule has 0 bridgehead atoms. The van der Waals surface area contributed by atoms with E-state index in [0.717, 1.165) is 5.56 Å². The summed E-state index contributed by atoms with van der Waals surface area (Å²) in [5.74, 6) is -0.0454. The van der Waals surface area contributed by atoms with E-state index in [1.54, 1.807) is 42.6 Å². The van der Waals surface area contributed by atoms with Gasteiger partial charge in [-0.2, -0.15) is 0 Å². The lowest BCUT2D eigenvalue weighted by molar-refractivity contribution is -0.111. The van der Waals surface area contributed by atoms with Crippen LogP contribution in [0.25, 0.3) is 17.4 Å². The highest BCUT2D eigenvalue weighted by molar-refractivity contribution is 6.02. The molecule has 1 aromatic heterocycles. The molecule has 0 saturated heterocycles. The Labute approximate surface area is 132 Å². The summed E-state index contributed by atoms with van der Waals surface area (Å²) in [6, 6.07) is 15.2. The van der Waals surface area contributed by atoms with Crippen LogP contribution in [-0.4, -0.2) is 11.1 Å². The molecule has 0 fully saturated rings. The van der Waals surface area contributed by atoms with Gasteiger partial charge in [-0.3, -0.25) is 4.79 Å². The van der Waals surface area contributed by atoms with Gasteiger partial charge in [-0.25, -0.2) is 4.39 Å². The number of benzene rings is 2. The third-order valence-electron chi connectivity index (χ3n) is 3.19.